The van der Waals surface area contributed by atoms with Gasteiger partial charge >= 0.3 is 0 Å². The molecule has 0 saturated heterocycles. The largest absolute Gasteiger partial charge is 0.350 e. The number of amides is 1. The van der Waals surface area contributed by atoms with Crippen molar-refractivity contribution < 1.29 is 17.6 Å². The number of rotatable bonds is 7. The lowest BCUT2D eigenvalue weighted by Gasteiger charge is -2.31. The molecule has 0 radical (unpaired) electrons. The number of hydrogen-bond acceptors (Lipinski definition) is 3. The number of hydrogen-bond donors (Lipinski definition) is 1. The zero-order valence-corrected chi connectivity index (χ0v) is 16.8. The molecule has 27 heavy (non-hydrogen) atoms. The molecule has 0 unspecified atom stereocenters. The molecule has 0 spiro atoms. The number of nitrogens with one attached hydrogen (secondary N) is 1. The van der Waals surface area contributed by atoms with E-state index in [1.807, 2.05) is 26.0 Å². The van der Waals surface area contributed by atoms with Crippen LogP contribution in [0, 0.1) is 19.7 Å². The molecular weight excluding hydrogens is 367 g/mol. The van der Waals surface area contributed by atoms with Gasteiger partial charge in [0.15, 0.2) is 0 Å². The predicted octanol–water partition coefficient (Wildman–Crippen LogP) is 3.30. The van der Waals surface area contributed by atoms with Crippen molar-refractivity contribution in [2.75, 3.05) is 10.6 Å². The summed E-state index contributed by atoms with van der Waals surface area (Å²) in [6.45, 7) is 5.65. The van der Waals surface area contributed by atoms with Crippen molar-refractivity contribution in [1.82, 2.24) is 5.32 Å². The highest BCUT2D eigenvalue weighted by Crippen LogP contribution is 2.27. The van der Waals surface area contributed by atoms with Crippen LogP contribution in [0.1, 0.15) is 30.0 Å². The third kappa shape index (κ3) is 5.29. The van der Waals surface area contributed by atoms with E-state index in [1.165, 1.54) is 16.4 Å². The Morgan fingerprint density at radius 2 is 1.78 bits per heavy atom. The molecule has 0 aliphatic carbocycles. The van der Waals surface area contributed by atoms with Gasteiger partial charge in [-0.1, -0.05) is 31.2 Å². The average Bonchev–Trinajstić information content (AvgIpc) is 2.60. The molecule has 2 aromatic carbocycles. The Balaban J connectivity index is 2.30. The van der Waals surface area contributed by atoms with Crippen molar-refractivity contribution >= 4 is 21.6 Å². The molecule has 0 saturated carbocycles. The Labute approximate surface area is 160 Å². The molecule has 0 heterocycles. The minimum absolute atomic E-state index is 0.194. The Hall–Kier alpha value is -2.41. The summed E-state index contributed by atoms with van der Waals surface area (Å²) in [7, 11) is -3.68. The van der Waals surface area contributed by atoms with E-state index in [0.717, 1.165) is 22.9 Å². The van der Waals surface area contributed by atoms with Gasteiger partial charge in [0, 0.05) is 6.54 Å². The highest BCUT2D eigenvalue weighted by Gasteiger charge is 2.32. The Morgan fingerprint density at radius 3 is 2.33 bits per heavy atom. The minimum Gasteiger partial charge on any atom is -0.350 e. The van der Waals surface area contributed by atoms with Gasteiger partial charge in [-0.3, -0.25) is 9.10 Å². The fraction of sp³-hybridized carbons (Fsp3) is 0.350. The first kappa shape index (κ1) is 20.9. The number of carbonyl (C=O) groups is 1. The summed E-state index contributed by atoms with van der Waals surface area (Å²) < 4.78 is 39.2. The highest BCUT2D eigenvalue weighted by molar-refractivity contribution is 7.92. The van der Waals surface area contributed by atoms with E-state index in [4.69, 9.17) is 0 Å². The van der Waals surface area contributed by atoms with Crippen LogP contribution in [-0.2, 0) is 21.4 Å². The molecule has 0 bridgehead atoms. The Morgan fingerprint density at radius 1 is 1.15 bits per heavy atom. The molecule has 5 nitrogen and oxygen atoms in total. The number of anilines is 1. The van der Waals surface area contributed by atoms with Crippen LogP contribution in [0.2, 0.25) is 0 Å². The Bertz CT molecular complexity index is 911. The van der Waals surface area contributed by atoms with Gasteiger partial charge in [0.1, 0.15) is 11.9 Å². The minimum atomic E-state index is -3.68. The number of benzene rings is 2. The van der Waals surface area contributed by atoms with E-state index >= 15 is 0 Å². The van der Waals surface area contributed by atoms with E-state index < -0.39 is 22.0 Å². The fourth-order valence-corrected chi connectivity index (χ4v) is 4.16. The van der Waals surface area contributed by atoms with Crippen LogP contribution in [0.25, 0.3) is 0 Å². The maximum atomic E-state index is 13.0. The van der Waals surface area contributed by atoms with E-state index in [9.17, 15) is 17.6 Å². The van der Waals surface area contributed by atoms with E-state index in [0.29, 0.717) is 12.1 Å². The van der Waals surface area contributed by atoms with Gasteiger partial charge in [0.05, 0.1) is 11.9 Å². The van der Waals surface area contributed by atoms with Crippen LogP contribution in [0.5, 0.6) is 0 Å². The molecule has 2 aromatic rings. The van der Waals surface area contributed by atoms with E-state index in [1.54, 1.807) is 25.1 Å². The topological polar surface area (TPSA) is 66.5 Å². The van der Waals surface area contributed by atoms with Gasteiger partial charge < -0.3 is 5.32 Å². The molecule has 0 aliphatic heterocycles. The van der Waals surface area contributed by atoms with Crippen molar-refractivity contribution in [1.29, 1.82) is 0 Å². The lowest BCUT2D eigenvalue weighted by molar-refractivity contribution is -0.122. The molecule has 2 rings (SSSR count). The number of halogens is 1. The molecule has 146 valence electrons. The standard InChI is InChI=1S/C20H25FN2O3S/c1-5-18(20(24)22-13-16-8-10-17(21)11-9-16)23(27(4,25)26)19-12-14(2)6-7-15(19)3/h6-12,18H,5,13H2,1-4H3,(H,22,24)/t18-/m1/s1. The fourth-order valence-electron chi connectivity index (χ4n) is 2.90. The molecule has 0 fully saturated rings. The smallest absolute Gasteiger partial charge is 0.244 e. The molecular formula is C20H25FN2O3S. The molecule has 7 heteroatoms. The van der Waals surface area contributed by atoms with Gasteiger partial charge in [-0.25, -0.2) is 12.8 Å². The van der Waals surface area contributed by atoms with Crippen LogP contribution in [0.15, 0.2) is 42.5 Å². The summed E-state index contributed by atoms with van der Waals surface area (Å²) in [5, 5.41) is 2.76. The monoisotopic (exact) mass is 392 g/mol. The van der Waals surface area contributed by atoms with Crippen LogP contribution in [0.3, 0.4) is 0 Å². The molecule has 1 amide bonds. The summed E-state index contributed by atoms with van der Waals surface area (Å²) in [6, 6.07) is 10.4. The van der Waals surface area contributed by atoms with Crippen molar-refractivity contribution in [3.63, 3.8) is 0 Å². The lowest BCUT2D eigenvalue weighted by atomic mass is 10.1. The maximum absolute atomic E-state index is 13.0. The summed E-state index contributed by atoms with van der Waals surface area (Å²) in [4.78, 5) is 12.8. The number of sulfonamides is 1. The highest BCUT2D eigenvalue weighted by atomic mass is 32.2. The number of aryl methyl sites for hydroxylation is 2. The first-order chi connectivity index (χ1) is 12.6. The van der Waals surface area contributed by atoms with Gasteiger partial charge in [-0.05, 0) is 55.2 Å². The van der Waals surface area contributed by atoms with Crippen LogP contribution >= 0.6 is 0 Å². The molecule has 1 N–H and O–H groups in total. The van der Waals surface area contributed by atoms with Crippen molar-refractivity contribution in [2.45, 2.75) is 39.8 Å². The molecule has 1 atom stereocenters. The predicted molar refractivity (Wildman–Crippen MR) is 106 cm³/mol. The Kier molecular flexibility index (Phi) is 6.59. The molecule has 0 aromatic heterocycles. The maximum Gasteiger partial charge on any atom is 0.244 e. The number of carbonyl (C=O) groups excluding carboxylic acids is 1. The third-order valence-electron chi connectivity index (χ3n) is 4.31. The number of nitrogens with zero attached hydrogens (tertiary/aromatic N) is 1. The van der Waals surface area contributed by atoms with Crippen molar-refractivity contribution in [3.05, 3.63) is 65.0 Å². The third-order valence-corrected chi connectivity index (χ3v) is 5.48. The van der Waals surface area contributed by atoms with Crippen molar-refractivity contribution in [3.8, 4) is 0 Å². The zero-order valence-electron chi connectivity index (χ0n) is 16.0. The second kappa shape index (κ2) is 8.52. The zero-order chi connectivity index (χ0) is 20.2. The van der Waals surface area contributed by atoms with Gasteiger partial charge in [0.25, 0.3) is 0 Å². The summed E-state index contributed by atoms with van der Waals surface area (Å²) in [5.74, 6) is -0.747. The first-order valence-electron chi connectivity index (χ1n) is 8.72. The van der Waals surface area contributed by atoms with E-state index in [2.05, 4.69) is 5.32 Å². The summed E-state index contributed by atoms with van der Waals surface area (Å²) in [5.41, 5.74) is 2.92. The van der Waals surface area contributed by atoms with Gasteiger partial charge in [-0.2, -0.15) is 0 Å². The van der Waals surface area contributed by atoms with Crippen LogP contribution in [-0.4, -0.2) is 26.6 Å². The SMILES string of the molecule is CC[C@H](C(=O)NCc1ccc(F)cc1)N(c1cc(C)ccc1C)S(C)(=O)=O. The van der Waals surface area contributed by atoms with Crippen LogP contribution in [0.4, 0.5) is 10.1 Å². The van der Waals surface area contributed by atoms with Crippen LogP contribution < -0.4 is 9.62 Å². The van der Waals surface area contributed by atoms with Gasteiger partial charge in [-0.15, -0.1) is 0 Å². The van der Waals surface area contributed by atoms with E-state index in [-0.39, 0.29) is 12.4 Å². The summed E-state index contributed by atoms with van der Waals surface area (Å²) >= 11 is 0. The van der Waals surface area contributed by atoms with Gasteiger partial charge in [0.2, 0.25) is 15.9 Å². The summed E-state index contributed by atoms with van der Waals surface area (Å²) in [6.07, 6.45) is 1.42. The quantitative estimate of drug-likeness (QED) is 0.786. The first-order valence-corrected chi connectivity index (χ1v) is 10.6. The lowest BCUT2D eigenvalue weighted by Crippen LogP contribution is -2.49. The second-order valence-corrected chi connectivity index (χ2v) is 8.48. The normalized spacial score (nSPS) is 12.5. The average molecular weight is 392 g/mol. The molecule has 0 aliphatic rings. The second-order valence-electron chi connectivity index (χ2n) is 6.62. The van der Waals surface area contributed by atoms with Crippen molar-refractivity contribution in [2.24, 2.45) is 0 Å².